The maximum absolute atomic E-state index is 14.9. The van der Waals surface area contributed by atoms with Crippen LogP contribution in [0.3, 0.4) is 0 Å². The number of anilines is 2. The van der Waals surface area contributed by atoms with E-state index in [1.54, 1.807) is 18.0 Å². The fourth-order valence-corrected chi connectivity index (χ4v) is 7.34. The highest BCUT2D eigenvalue weighted by molar-refractivity contribution is 9.10. The van der Waals surface area contributed by atoms with Gasteiger partial charge in [0.05, 0.1) is 21.6 Å². The summed E-state index contributed by atoms with van der Waals surface area (Å²) in [5, 5.41) is 15.6. The lowest BCUT2D eigenvalue weighted by Crippen LogP contribution is -2.33. The number of benzene rings is 5. The molecule has 0 fully saturated rings. The van der Waals surface area contributed by atoms with Crippen LogP contribution in [0.5, 0.6) is 0 Å². The average Bonchev–Trinajstić information content (AvgIpc) is 3.71. The van der Waals surface area contributed by atoms with Crippen LogP contribution < -0.4 is 10.5 Å². The Morgan fingerprint density at radius 3 is 2.00 bits per heavy atom. The van der Waals surface area contributed by atoms with Gasteiger partial charge in [-0.15, -0.1) is 5.10 Å². The summed E-state index contributed by atoms with van der Waals surface area (Å²) in [5.41, 5.74) is 9.86. The van der Waals surface area contributed by atoms with Crippen molar-refractivity contribution in [2.75, 3.05) is 4.90 Å². The van der Waals surface area contributed by atoms with E-state index in [2.05, 4.69) is 103 Å². The molecular formula is C43H38BrN7O2. The summed E-state index contributed by atoms with van der Waals surface area (Å²) in [4.78, 5) is 37.8. The van der Waals surface area contributed by atoms with Gasteiger partial charge in [0, 0.05) is 23.0 Å². The van der Waals surface area contributed by atoms with E-state index in [9.17, 15) is 9.59 Å². The summed E-state index contributed by atoms with van der Waals surface area (Å²) >= 11 is 3.63. The first-order valence-electron chi connectivity index (χ1n) is 17.6. The second-order valence-corrected chi connectivity index (χ2v) is 14.3. The van der Waals surface area contributed by atoms with Gasteiger partial charge in [-0.3, -0.25) is 14.5 Å². The highest BCUT2D eigenvalue weighted by Gasteiger charge is 2.36. The lowest BCUT2D eigenvalue weighted by Gasteiger charge is -2.34. The molecule has 0 saturated carbocycles. The third-order valence-electron chi connectivity index (χ3n) is 9.32. The van der Waals surface area contributed by atoms with E-state index in [0.29, 0.717) is 46.1 Å². The molecule has 264 valence electrons. The summed E-state index contributed by atoms with van der Waals surface area (Å²) in [5.74, 6) is 0.563. The first kappa shape index (κ1) is 35.4. The van der Waals surface area contributed by atoms with Crippen molar-refractivity contribution in [1.82, 2.24) is 30.6 Å². The van der Waals surface area contributed by atoms with Crippen molar-refractivity contribution in [2.24, 2.45) is 0 Å². The number of carbonyl (C=O) groups is 1. The molecule has 10 heteroatoms. The minimum Gasteiger partial charge on any atom is -0.310 e. The number of rotatable bonds is 10. The highest BCUT2D eigenvalue weighted by atomic mass is 79.9. The molecule has 1 unspecified atom stereocenters. The van der Waals surface area contributed by atoms with Gasteiger partial charge in [0.25, 0.3) is 5.56 Å². The van der Waals surface area contributed by atoms with Crippen LogP contribution in [0.15, 0.2) is 120 Å². The van der Waals surface area contributed by atoms with Gasteiger partial charge in [-0.1, -0.05) is 126 Å². The summed E-state index contributed by atoms with van der Waals surface area (Å²) in [6, 6.07) is 36.2. The number of hydrogen-bond acceptors (Lipinski definition) is 6. The largest absolute Gasteiger partial charge is 0.310 e. The molecule has 0 aliphatic heterocycles. The average molecular weight is 765 g/mol. The molecule has 0 saturated heterocycles. The van der Waals surface area contributed by atoms with Crippen molar-refractivity contribution >= 4 is 33.2 Å². The molecule has 2 N–H and O–H groups in total. The van der Waals surface area contributed by atoms with Crippen LogP contribution in [0, 0.1) is 13.8 Å². The van der Waals surface area contributed by atoms with Gasteiger partial charge < -0.3 is 4.98 Å². The number of amides is 1. The number of carbonyl (C=O) groups excluding carboxylic acids is 1. The van der Waals surface area contributed by atoms with E-state index in [1.165, 1.54) is 0 Å². The zero-order valence-electron chi connectivity index (χ0n) is 29.9. The number of alkyl halides is 1. The Bertz CT molecular complexity index is 2450. The number of tetrazole rings is 1. The summed E-state index contributed by atoms with van der Waals surface area (Å²) in [6.45, 7) is 7.81. The standard InChI is InChI=1S/C43H38BrN7O2/c1-5-16-32-36(30-20-11-7-12-21-30)38(34-25-45-28(4)46-42(34)52)39(41-47-49-50-48-41)40(51(43(53)27(3)44)31-22-13-8-14-23-31)37(32)33-24-15-17-26(2)35(33)29-18-9-6-10-19-29/h6-15,17-25,27H,5,16H2,1-4H3,(H,45,46,52)(H,47,48,49,50). The van der Waals surface area contributed by atoms with Crippen LogP contribution in [0.4, 0.5) is 11.4 Å². The Morgan fingerprint density at radius 1 is 0.774 bits per heavy atom. The van der Waals surface area contributed by atoms with Gasteiger partial charge in [0.15, 0.2) is 5.82 Å². The smallest absolute Gasteiger partial charge is 0.258 e. The van der Waals surface area contributed by atoms with Gasteiger partial charge in [-0.2, -0.15) is 0 Å². The minimum absolute atomic E-state index is 0.211. The Kier molecular flexibility index (Phi) is 10.2. The van der Waals surface area contributed by atoms with Crippen molar-refractivity contribution in [3.8, 4) is 55.9 Å². The van der Waals surface area contributed by atoms with Gasteiger partial charge in [0.1, 0.15) is 5.82 Å². The molecule has 0 spiro atoms. The Balaban J connectivity index is 1.83. The predicted octanol–water partition coefficient (Wildman–Crippen LogP) is 9.64. The first-order chi connectivity index (χ1) is 25.8. The van der Waals surface area contributed by atoms with Crippen LogP contribution in [0.2, 0.25) is 0 Å². The molecule has 7 aromatic rings. The molecule has 1 atom stereocenters. The minimum atomic E-state index is -0.585. The summed E-state index contributed by atoms with van der Waals surface area (Å²) < 4.78 is 0. The first-order valence-corrected chi connectivity index (χ1v) is 18.5. The number of nitrogens with one attached hydrogen (secondary N) is 2. The number of H-pyrrole nitrogens is 2. The maximum atomic E-state index is 14.9. The van der Waals surface area contributed by atoms with Gasteiger partial charge >= 0.3 is 0 Å². The van der Waals surface area contributed by atoms with Crippen LogP contribution in [-0.2, 0) is 11.2 Å². The lowest BCUT2D eigenvalue weighted by atomic mass is 9.77. The third-order valence-corrected chi connectivity index (χ3v) is 9.71. The number of aryl methyl sites for hydroxylation is 2. The molecule has 7 rings (SSSR count). The van der Waals surface area contributed by atoms with Crippen molar-refractivity contribution in [2.45, 2.75) is 45.4 Å². The molecular weight excluding hydrogens is 726 g/mol. The zero-order chi connectivity index (χ0) is 37.1. The number of hydrogen-bond donors (Lipinski definition) is 2. The van der Waals surface area contributed by atoms with E-state index in [4.69, 9.17) is 0 Å². The van der Waals surface area contributed by atoms with Crippen LogP contribution >= 0.6 is 15.9 Å². The Morgan fingerprint density at radius 2 is 1.42 bits per heavy atom. The number of nitrogens with zero attached hydrogens (tertiary/aromatic N) is 5. The fourth-order valence-electron chi connectivity index (χ4n) is 7.14. The van der Waals surface area contributed by atoms with Gasteiger partial charge in [-0.25, -0.2) is 10.1 Å². The van der Waals surface area contributed by atoms with Crippen LogP contribution in [-0.4, -0.2) is 41.3 Å². The van der Waals surface area contributed by atoms with Crippen LogP contribution in [0.1, 0.15) is 37.2 Å². The number of halogens is 1. The molecule has 0 aliphatic carbocycles. The monoisotopic (exact) mass is 763 g/mol. The fraction of sp³-hybridized carbons (Fsp3) is 0.163. The van der Waals surface area contributed by atoms with Crippen molar-refractivity contribution in [3.05, 3.63) is 143 Å². The number of aromatic amines is 2. The maximum Gasteiger partial charge on any atom is 0.258 e. The second kappa shape index (κ2) is 15.3. The van der Waals surface area contributed by atoms with Gasteiger partial charge in [0.2, 0.25) is 5.91 Å². The van der Waals surface area contributed by atoms with E-state index in [1.807, 2.05) is 73.7 Å². The van der Waals surface area contributed by atoms with Gasteiger partial charge in [-0.05, 0) is 88.7 Å². The summed E-state index contributed by atoms with van der Waals surface area (Å²) in [7, 11) is 0. The van der Waals surface area contributed by atoms with Crippen molar-refractivity contribution in [1.29, 1.82) is 0 Å². The molecule has 5 aromatic carbocycles. The predicted molar refractivity (Wildman–Crippen MR) is 215 cm³/mol. The lowest BCUT2D eigenvalue weighted by molar-refractivity contribution is -0.117. The van der Waals surface area contributed by atoms with E-state index < -0.39 is 4.83 Å². The zero-order valence-corrected chi connectivity index (χ0v) is 31.5. The molecule has 0 radical (unpaired) electrons. The highest BCUT2D eigenvalue weighted by Crippen LogP contribution is 2.55. The number of para-hydroxylation sites is 1. The van der Waals surface area contributed by atoms with E-state index in [0.717, 1.165) is 50.9 Å². The summed E-state index contributed by atoms with van der Waals surface area (Å²) in [6.07, 6.45) is 3.00. The topological polar surface area (TPSA) is 121 Å². The second-order valence-electron chi connectivity index (χ2n) is 12.9. The SMILES string of the molecule is CCCc1c(-c2ccccc2)c(-c2cnc(C)[nH]c2=O)c(-c2nnn[nH]2)c(N(C(=O)C(C)Br)c2ccccc2)c1-c1cccc(C)c1-c1ccccc1. The molecule has 9 nitrogen and oxygen atoms in total. The van der Waals surface area contributed by atoms with Crippen molar-refractivity contribution in [3.63, 3.8) is 0 Å². The van der Waals surface area contributed by atoms with Crippen LogP contribution in [0.25, 0.3) is 55.9 Å². The Labute approximate surface area is 316 Å². The number of aromatic nitrogens is 6. The van der Waals surface area contributed by atoms with Crippen molar-refractivity contribution < 1.29 is 4.79 Å². The molecule has 2 heterocycles. The van der Waals surface area contributed by atoms with E-state index >= 15 is 0 Å². The molecule has 1 amide bonds. The Hall–Kier alpha value is -6.00. The molecule has 0 aliphatic rings. The molecule has 0 bridgehead atoms. The normalized spacial score (nSPS) is 11.7. The van der Waals surface area contributed by atoms with E-state index in [-0.39, 0.29) is 11.5 Å². The third kappa shape index (κ3) is 6.73. The quantitative estimate of drug-likeness (QED) is 0.134. The molecule has 2 aromatic heterocycles. The molecule has 53 heavy (non-hydrogen) atoms.